The van der Waals surface area contributed by atoms with Crippen LogP contribution in [0.25, 0.3) is 0 Å². The average molecular weight is 408 g/mol. The largest absolute Gasteiger partial charge is 0.370 e. The minimum Gasteiger partial charge on any atom is -0.370 e. The Morgan fingerprint density at radius 3 is 2.65 bits per heavy atom. The van der Waals surface area contributed by atoms with Crippen LogP contribution in [0.1, 0.15) is 47.7 Å². The topological polar surface area (TPSA) is 63.3 Å². The van der Waals surface area contributed by atoms with Gasteiger partial charge in [0.15, 0.2) is 5.96 Å². The Morgan fingerprint density at radius 2 is 2.05 bits per heavy atom. The molecule has 0 aliphatic heterocycles. The summed E-state index contributed by atoms with van der Waals surface area (Å²) in [5.41, 5.74) is 7.07. The maximum Gasteiger partial charge on any atom is 0.188 e. The average Bonchev–Trinajstić information content (AvgIpc) is 2.69. The third-order valence-corrected chi connectivity index (χ3v) is 4.71. The van der Waals surface area contributed by atoms with Gasteiger partial charge in [-0.05, 0) is 26.7 Å². The number of aromatic nitrogens is 1. The molecule has 2 rings (SSSR count). The van der Waals surface area contributed by atoms with Gasteiger partial charge in [-0.15, -0.1) is 35.3 Å². The van der Waals surface area contributed by atoms with Crippen molar-refractivity contribution in [2.75, 3.05) is 6.54 Å². The Kier molecular flexibility index (Phi) is 7.79. The lowest BCUT2D eigenvalue weighted by Crippen LogP contribution is -2.41. The maximum atomic E-state index is 5.94. The van der Waals surface area contributed by atoms with Crippen LogP contribution in [0, 0.1) is 13.8 Å². The van der Waals surface area contributed by atoms with Gasteiger partial charge in [0, 0.05) is 23.9 Å². The molecule has 1 aliphatic rings. The van der Waals surface area contributed by atoms with Crippen LogP contribution in [0.5, 0.6) is 0 Å². The molecule has 0 spiro atoms. The second-order valence-electron chi connectivity index (χ2n) is 5.24. The summed E-state index contributed by atoms with van der Waals surface area (Å²) in [6.07, 6.45) is 7.37. The van der Waals surface area contributed by atoms with Crippen molar-refractivity contribution in [3.8, 4) is 0 Å². The first kappa shape index (κ1) is 17.7. The van der Waals surface area contributed by atoms with Crippen LogP contribution in [-0.4, -0.2) is 23.5 Å². The van der Waals surface area contributed by atoms with Gasteiger partial charge in [-0.1, -0.05) is 19.3 Å². The van der Waals surface area contributed by atoms with E-state index in [1.54, 1.807) is 11.3 Å². The highest BCUT2D eigenvalue weighted by molar-refractivity contribution is 14.0. The zero-order valence-corrected chi connectivity index (χ0v) is 15.5. The molecule has 0 aromatic carbocycles. The molecule has 1 aromatic heterocycles. The number of aliphatic imine (C=N–C) groups is 1. The van der Waals surface area contributed by atoms with Crippen molar-refractivity contribution in [2.45, 2.75) is 58.4 Å². The fourth-order valence-electron chi connectivity index (χ4n) is 2.59. The molecule has 20 heavy (non-hydrogen) atoms. The van der Waals surface area contributed by atoms with Crippen molar-refractivity contribution in [2.24, 2.45) is 10.7 Å². The fourth-order valence-corrected chi connectivity index (χ4v) is 3.51. The van der Waals surface area contributed by atoms with Crippen LogP contribution < -0.4 is 11.1 Å². The van der Waals surface area contributed by atoms with Gasteiger partial charge in [0.25, 0.3) is 0 Å². The summed E-state index contributed by atoms with van der Waals surface area (Å²) < 4.78 is 0. The van der Waals surface area contributed by atoms with Gasteiger partial charge in [-0.25, -0.2) is 4.98 Å². The van der Waals surface area contributed by atoms with Gasteiger partial charge >= 0.3 is 0 Å². The summed E-state index contributed by atoms with van der Waals surface area (Å²) in [7, 11) is 0. The molecule has 3 N–H and O–H groups in total. The second kappa shape index (κ2) is 8.81. The van der Waals surface area contributed by atoms with E-state index in [1.807, 2.05) is 6.92 Å². The SMILES string of the molecule is Cc1nc(C)c(CCN=C(N)NC2CCCCC2)s1.I. The summed E-state index contributed by atoms with van der Waals surface area (Å²) in [6.45, 7) is 4.85. The third kappa shape index (κ3) is 5.55. The van der Waals surface area contributed by atoms with Crippen LogP contribution >= 0.6 is 35.3 Å². The molecule has 0 bridgehead atoms. The van der Waals surface area contributed by atoms with E-state index in [4.69, 9.17) is 5.73 Å². The van der Waals surface area contributed by atoms with E-state index in [9.17, 15) is 0 Å². The van der Waals surface area contributed by atoms with Crippen LogP contribution in [0.3, 0.4) is 0 Å². The minimum absolute atomic E-state index is 0. The van der Waals surface area contributed by atoms with E-state index >= 15 is 0 Å². The summed E-state index contributed by atoms with van der Waals surface area (Å²) in [5.74, 6) is 0.603. The highest BCUT2D eigenvalue weighted by atomic mass is 127. The van der Waals surface area contributed by atoms with E-state index in [-0.39, 0.29) is 24.0 Å². The normalized spacial score (nSPS) is 16.8. The summed E-state index contributed by atoms with van der Waals surface area (Å²) in [6, 6.07) is 0.532. The van der Waals surface area contributed by atoms with Crippen molar-refractivity contribution in [3.05, 3.63) is 15.6 Å². The van der Waals surface area contributed by atoms with Crippen molar-refractivity contribution in [1.29, 1.82) is 0 Å². The van der Waals surface area contributed by atoms with E-state index in [2.05, 4.69) is 22.2 Å². The Balaban J connectivity index is 0.00000200. The minimum atomic E-state index is 0. The molecule has 0 atom stereocenters. The molecule has 1 aliphatic carbocycles. The molecule has 0 unspecified atom stereocenters. The maximum absolute atomic E-state index is 5.94. The van der Waals surface area contributed by atoms with Crippen molar-refractivity contribution >= 4 is 41.3 Å². The number of guanidine groups is 1. The number of rotatable bonds is 4. The zero-order valence-electron chi connectivity index (χ0n) is 12.3. The number of nitrogens with one attached hydrogen (secondary N) is 1. The van der Waals surface area contributed by atoms with Gasteiger partial charge in [0.05, 0.1) is 10.7 Å². The van der Waals surface area contributed by atoms with E-state index in [0.717, 1.165) is 23.7 Å². The molecular weight excluding hydrogens is 383 g/mol. The third-order valence-electron chi connectivity index (χ3n) is 3.58. The predicted molar refractivity (Wildman–Crippen MR) is 97.2 cm³/mol. The lowest BCUT2D eigenvalue weighted by Gasteiger charge is -2.23. The number of nitrogens with two attached hydrogens (primary N) is 1. The van der Waals surface area contributed by atoms with E-state index in [0.29, 0.717) is 12.0 Å². The Labute approximate surface area is 142 Å². The van der Waals surface area contributed by atoms with Crippen LogP contribution in [0.4, 0.5) is 0 Å². The van der Waals surface area contributed by atoms with Crippen LogP contribution in [0.2, 0.25) is 0 Å². The predicted octanol–water partition coefficient (Wildman–Crippen LogP) is 3.16. The highest BCUT2D eigenvalue weighted by Crippen LogP contribution is 2.18. The quantitative estimate of drug-likeness (QED) is 0.457. The Morgan fingerprint density at radius 1 is 1.35 bits per heavy atom. The van der Waals surface area contributed by atoms with Gasteiger partial charge in [-0.3, -0.25) is 4.99 Å². The van der Waals surface area contributed by atoms with Crippen molar-refractivity contribution in [1.82, 2.24) is 10.3 Å². The number of hydrogen-bond donors (Lipinski definition) is 2. The van der Waals surface area contributed by atoms with E-state index in [1.165, 1.54) is 37.0 Å². The molecule has 1 fully saturated rings. The highest BCUT2D eigenvalue weighted by Gasteiger charge is 2.13. The Bertz CT molecular complexity index is 438. The lowest BCUT2D eigenvalue weighted by atomic mass is 9.96. The molecule has 6 heteroatoms. The molecule has 0 saturated heterocycles. The van der Waals surface area contributed by atoms with Crippen molar-refractivity contribution < 1.29 is 0 Å². The number of hydrogen-bond acceptors (Lipinski definition) is 3. The summed E-state index contributed by atoms with van der Waals surface area (Å²) in [4.78, 5) is 10.2. The summed E-state index contributed by atoms with van der Waals surface area (Å²) >= 11 is 1.76. The van der Waals surface area contributed by atoms with Crippen molar-refractivity contribution in [3.63, 3.8) is 0 Å². The molecule has 4 nitrogen and oxygen atoms in total. The number of aryl methyl sites for hydroxylation is 2. The molecule has 0 amide bonds. The van der Waals surface area contributed by atoms with Gasteiger partial charge < -0.3 is 11.1 Å². The summed E-state index contributed by atoms with van der Waals surface area (Å²) in [5, 5.41) is 4.47. The van der Waals surface area contributed by atoms with Gasteiger partial charge in [-0.2, -0.15) is 0 Å². The molecule has 1 aromatic rings. The molecule has 1 saturated carbocycles. The fraction of sp³-hybridized carbons (Fsp3) is 0.714. The molecule has 0 radical (unpaired) electrons. The number of nitrogens with zero attached hydrogens (tertiary/aromatic N) is 2. The van der Waals surface area contributed by atoms with E-state index < -0.39 is 0 Å². The first-order chi connectivity index (χ1) is 9.15. The lowest BCUT2D eigenvalue weighted by molar-refractivity contribution is 0.412. The first-order valence-electron chi connectivity index (χ1n) is 7.14. The molecule has 1 heterocycles. The van der Waals surface area contributed by atoms with Gasteiger partial charge in [0.1, 0.15) is 0 Å². The van der Waals surface area contributed by atoms with Crippen LogP contribution in [-0.2, 0) is 6.42 Å². The molecular formula is C14H25IN4S. The molecule has 114 valence electrons. The smallest absolute Gasteiger partial charge is 0.188 e. The zero-order chi connectivity index (χ0) is 13.7. The monoisotopic (exact) mass is 408 g/mol. The number of halogens is 1. The standard InChI is InChI=1S/C14H24N4S.HI/c1-10-13(19-11(2)17-10)8-9-16-14(15)18-12-6-4-3-5-7-12;/h12H,3-9H2,1-2H3,(H3,15,16,18);1H. The van der Waals surface area contributed by atoms with Crippen LogP contribution in [0.15, 0.2) is 4.99 Å². The second-order valence-corrected chi connectivity index (χ2v) is 6.53. The Hall–Kier alpha value is -0.370. The van der Waals surface area contributed by atoms with Gasteiger partial charge in [0.2, 0.25) is 0 Å². The first-order valence-corrected chi connectivity index (χ1v) is 7.96. The number of thiazole rings is 1.